The number of benzene rings is 1. The molecule has 0 aliphatic rings. The molecule has 0 saturated carbocycles. The molecule has 1 aromatic carbocycles. The zero-order chi connectivity index (χ0) is 20.1. The highest BCUT2D eigenvalue weighted by atomic mass is 32.2. The molecule has 10 heteroatoms. The molecular weight excluding hydrogens is 382 g/mol. The maximum Gasteiger partial charge on any atom is 0.269 e. The van der Waals surface area contributed by atoms with Crippen LogP contribution in [0.4, 0.5) is 11.4 Å². The molecule has 9 nitrogen and oxygen atoms in total. The molecule has 28 heavy (non-hydrogen) atoms. The van der Waals surface area contributed by atoms with Crippen molar-refractivity contribution < 1.29 is 14.1 Å². The number of nitro benzene ring substituents is 1. The molecule has 1 amide bonds. The fraction of sp³-hybridized carbons (Fsp3) is 0.167. The number of anilines is 1. The van der Waals surface area contributed by atoms with Gasteiger partial charge in [0.1, 0.15) is 0 Å². The molecule has 1 N–H and O–H groups in total. The Hall–Kier alpha value is -3.40. The van der Waals surface area contributed by atoms with Gasteiger partial charge < -0.3 is 9.73 Å². The number of rotatable bonds is 8. The standard InChI is InChI=1S/C18H17N5O4S/c1-3-10-22-16(15-5-4-11-27-15)20-21-18(22)28-12(2)17(24)19-13-6-8-14(9-7-13)23(25)26/h3-9,11-12H,1,10H2,2H3,(H,19,24). The van der Waals surface area contributed by atoms with Crippen molar-refractivity contribution in [2.24, 2.45) is 0 Å². The lowest BCUT2D eigenvalue weighted by Crippen LogP contribution is -2.23. The number of nitrogens with one attached hydrogen (secondary N) is 1. The minimum absolute atomic E-state index is 0.0385. The van der Waals surface area contributed by atoms with E-state index in [1.807, 2.05) is 4.57 Å². The van der Waals surface area contributed by atoms with E-state index in [1.165, 1.54) is 36.0 Å². The number of allylic oxidation sites excluding steroid dienone is 1. The Morgan fingerprint density at radius 3 is 2.75 bits per heavy atom. The van der Waals surface area contributed by atoms with Crippen LogP contribution in [0.25, 0.3) is 11.6 Å². The number of carbonyl (C=O) groups excluding carboxylic acids is 1. The van der Waals surface area contributed by atoms with Gasteiger partial charge in [-0.1, -0.05) is 17.8 Å². The highest BCUT2D eigenvalue weighted by molar-refractivity contribution is 8.00. The van der Waals surface area contributed by atoms with Crippen molar-refractivity contribution >= 4 is 29.0 Å². The molecule has 1 unspecified atom stereocenters. The Bertz CT molecular complexity index is 982. The second kappa shape index (κ2) is 8.53. The van der Waals surface area contributed by atoms with Gasteiger partial charge in [0, 0.05) is 24.4 Å². The fourth-order valence-corrected chi connectivity index (χ4v) is 3.24. The molecule has 0 radical (unpaired) electrons. The van der Waals surface area contributed by atoms with Crippen LogP contribution in [0.2, 0.25) is 0 Å². The van der Waals surface area contributed by atoms with Crippen LogP contribution in [0.15, 0.2) is 64.9 Å². The van der Waals surface area contributed by atoms with Crippen LogP contribution in [0.1, 0.15) is 6.92 Å². The number of non-ortho nitro benzene ring substituents is 1. The molecule has 2 aromatic heterocycles. The summed E-state index contributed by atoms with van der Waals surface area (Å²) in [6, 6.07) is 9.19. The second-order valence-corrected chi connectivity index (χ2v) is 7.04. The average molecular weight is 399 g/mol. The normalized spacial score (nSPS) is 11.8. The molecule has 1 atom stereocenters. The predicted octanol–water partition coefficient (Wildman–Crippen LogP) is 3.75. The minimum Gasteiger partial charge on any atom is -0.461 e. The van der Waals surface area contributed by atoms with E-state index in [0.29, 0.717) is 29.0 Å². The third kappa shape index (κ3) is 4.29. The molecule has 0 saturated heterocycles. The molecule has 0 aliphatic heterocycles. The van der Waals surface area contributed by atoms with E-state index in [1.54, 1.807) is 31.4 Å². The zero-order valence-electron chi connectivity index (χ0n) is 14.9. The molecular formula is C18H17N5O4S. The van der Waals surface area contributed by atoms with Crippen molar-refractivity contribution in [1.29, 1.82) is 0 Å². The van der Waals surface area contributed by atoms with E-state index < -0.39 is 10.2 Å². The summed E-state index contributed by atoms with van der Waals surface area (Å²) in [5.41, 5.74) is 0.440. The summed E-state index contributed by atoms with van der Waals surface area (Å²) in [7, 11) is 0. The Labute approximate surface area is 164 Å². The maximum absolute atomic E-state index is 12.5. The smallest absolute Gasteiger partial charge is 0.269 e. The molecule has 2 heterocycles. The number of nitrogens with zero attached hydrogens (tertiary/aromatic N) is 4. The average Bonchev–Trinajstić information content (AvgIpc) is 3.33. The summed E-state index contributed by atoms with van der Waals surface area (Å²) < 4.78 is 7.20. The van der Waals surface area contributed by atoms with Crippen LogP contribution in [0.3, 0.4) is 0 Å². The molecule has 3 rings (SSSR count). The van der Waals surface area contributed by atoms with Gasteiger partial charge in [-0.05, 0) is 31.2 Å². The number of thioether (sulfide) groups is 1. The van der Waals surface area contributed by atoms with E-state index >= 15 is 0 Å². The maximum atomic E-state index is 12.5. The van der Waals surface area contributed by atoms with Gasteiger partial charge in [0.2, 0.25) is 11.7 Å². The van der Waals surface area contributed by atoms with E-state index in [2.05, 4.69) is 22.1 Å². The number of nitro groups is 1. The molecule has 0 bridgehead atoms. The lowest BCUT2D eigenvalue weighted by Gasteiger charge is -2.12. The quantitative estimate of drug-likeness (QED) is 0.265. The van der Waals surface area contributed by atoms with Crippen molar-refractivity contribution in [2.75, 3.05) is 5.32 Å². The molecule has 144 valence electrons. The van der Waals surface area contributed by atoms with E-state index in [9.17, 15) is 14.9 Å². The van der Waals surface area contributed by atoms with Crippen LogP contribution in [-0.2, 0) is 11.3 Å². The van der Waals surface area contributed by atoms with Crippen LogP contribution in [-0.4, -0.2) is 30.8 Å². The number of carbonyl (C=O) groups is 1. The summed E-state index contributed by atoms with van der Waals surface area (Å²) >= 11 is 1.24. The molecule has 0 aliphatic carbocycles. The third-order valence-corrected chi connectivity index (χ3v) is 4.85. The van der Waals surface area contributed by atoms with E-state index in [-0.39, 0.29) is 11.6 Å². The van der Waals surface area contributed by atoms with Crippen molar-refractivity contribution in [3.05, 3.63) is 65.4 Å². The van der Waals surface area contributed by atoms with Crippen LogP contribution in [0.5, 0.6) is 0 Å². The Kier molecular flexibility index (Phi) is 5.90. The lowest BCUT2D eigenvalue weighted by atomic mass is 10.3. The number of hydrogen-bond donors (Lipinski definition) is 1. The topological polar surface area (TPSA) is 116 Å². The summed E-state index contributed by atoms with van der Waals surface area (Å²) in [5, 5.41) is 21.8. The minimum atomic E-state index is -0.493. The van der Waals surface area contributed by atoms with Crippen LogP contribution >= 0.6 is 11.8 Å². The second-order valence-electron chi connectivity index (χ2n) is 5.74. The van der Waals surface area contributed by atoms with Gasteiger partial charge >= 0.3 is 0 Å². The predicted molar refractivity (Wildman–Crippen MR) is 105 cm³/mol. The number of amides is 1. The number of aromatic nitrogens is 3. The van der Waals surface area contributed by atoms with Gasteiger partial charge in [0.05, 0.1) is 16.4 Å². The van der Waals surface area contributed by atoms with Crippen LogP contribution in [0, 0.1) is 10.1 Å². The Morgan fingerprint density at radius 1 is 1.39 bits per heavy atom. The molecule has 3 aromatic rings. The van der Waals surface area contributed by atoms with Gasteiger partial charge in [0.25, 0.3) is 5.69 Å². The Balaban J connectivity index is 1.71. The van der Waals surface area contributed by atoms with E-state index in [4.69, 9.17) is 4.42 Å². The zero-order valence-corrected chi connectivity index (χ0v) is 15.8. The first-order valence-corrected chi connectivity index (χ1v) is 9.17. The van der Waals surface area contributed by atoms with Crippen LogP contribution < -0.4 is 5.32 Å². The summed E-state index contributed by atoms with van der Waals surface area (Å²) in [4.78, 5) is 22.7. The largest absolute Gasteiger partial charge is 0.461 e. The fourth-order valence-electron chi connectivity index (χ4n) is 2.38. The number of furan rings is 1. The van der Waals surface area contributed by atoms with Gasteiger partial charge in [-0.15, -0.1) is 16.8 Å². The van der Waals surface area contributed by atoms with Gasteiger partial charge in [-0.25, -0.2) is 0 Å². The molecule has 0 spiro atoms. The van der Waals surface area contributed by atoms with Gasteiger partial charge in [-0.2, -0.15) is 0 Å². The van der Waals surface area contributed by atoms with Gasteiger partial charge in [-0.3, -0.25) is 19.5 Å². The first-order valence-electron chi connectivity index (χ1n) is 8.29. The highest BCUT2D eigenvalue weighted by Crippen LogP contribution is 2.28. The van der Waals surface area contributed by atoms with Gasteiger partial charge in [0.15, 0.2) is 10.9 Å². The number of hydrogen-bond acceptors (Lipinski definition) is 7. The SMILES string of the molecule is C=CCn1c(SC(C)C(=O)Nc2ccc([N+](=O)[O-])cc2)nnc1-c1ccco1. The first-order chi connectivity index (χ1) is 13.5. The summed E-state index contributed by atoms with van der Waals surface area (Å²) in [5.74, 6) is 0.867. The van der Waals surface area contributed by atoms with Crippen molar-refractivity contribution in [2.45, 2.75) is 23.9 Å². The van der Waals surface area contributed by atoms with E-state index in [0.717, 1.165) is 0 Å². The van der Waals surface area contributed by atoms with Crippen molar-refractivity contribution in [3.8, 4) is 11.6 Å². The highest BCUT2D eigenvalue weighted by Gasteiger charge is 2.21. The first kappa shape index (κ1) is 19.4. The van der Waals surface area contributed by atoms with Crippen molar-refractivity contribution in [1.82, 2.24) is 14.8 Å². The lowest BCUT2D eigenvalue weighted by molar-refractivity contribution is -0.384. The third-order valence-electron chi connectivity index (χ3n) is 3.77. The Morgan fingerprint density at radius 2 is 2.14 bits per heavy atom. The summed E-state index contributed by atoms with van der Waals surface area (Å²) in [6.07, 6.45) is 3.26. The van der Waals surface area contributed by atoms with Crippen molar-refractivity contribution in [3.63, 3.8) is 0 Å². The summed E-state index contributed by atoms with van der Waals surface area (Å²) in [6.45, 7) is 5.95. The monoisotopic (exact) mass is 399 g/mol. The molecule has 0 fully saturated rings.